The molecule has 0 spiro atoms. The highest BCUT2D eigenvalue weighted by molar-refractivity contribution is 5.90. The van der Waals surface area contributed by atoms with Gasteiger partial charge in [-0.1, -0.05) is 12.1 Å². The van der Waals surface area contributed by atoms with Crippen LogP contribution in [0.1, 0.15) is 12.8 Å². The van der Waals surface area contributed by atoms with E-state index in [2.05, 4.69) is 15.6 Å². The summed E-state index contributed by atoms with van der Waals surface area (Å²) in [5, 5.41) is 7.68. The van der Waals surface area contributed by atoms with Crippen LogP contribution in [0.15, 0.2) is 42.5 Å². The highest BCUT2D eigenvalue weighted by Crippen LogP contribution is 2.29. The Balaban J connectivity index is 1.63. The van der Waals surface area contributed by atoms with Gasteiger partial charge in [0.1, 0.15) is 17.3 Å². The van der Waals surface area contributed by atoms with Crippen LogP contribution in [0.2, 0.25) is 0 Å². The number of benzene rings is 2. The summed E-state index contributed by atoms with van der Waals surface area (Å²) >= 11 is 0. The molecule has 0 amide bonds. The van der Waals surface area contributed by atoms with Crippen molar-refractivity contribution in [3.8, 4) is 11.5 Å². The number of nitrogens with zero attached hydrogens (tertiary/aromatic N) is 2. The first-order valence-electron chi connectivity index (χ1n) is 9.37. The molecule has 3 aromatic rings. The topological polar surface area (TPSA) is 77.5 Å². The standard InChI is InChI=1S/C21H24N4O3/c1-26-16-10-14(11-17(12-16)27-2)23-21-24-19-8-4-3-7-18(19)20(25-21)22-13-15-6-5-9-28-15/h3-4,7-8,10-12,15H,5-6,9,13H2,1-2H3,(H2,22,23,24,25). The van der Waals surface area contributed by atoms with Crippen LogP contribution < -0.4 is 20.1 Å². The van der Waals surface area contributed by atoms with E-state index < -0.39 is 0 Å². The SMILES string of the molecule is COc1cc(Nc2nc(NCC3CCCO3)c3ccccc3n2)cc(OC)c1. The van der Waals surface area contributed by atoms with Crippen LogP contribution in [0.3, 0.4) is 0 Å². The summed E-state index contributed by atoms with van der Waals surface area (Å²) in [6, 6.07) is 13.5. The van der Waals surface area contributed by atoms with Crippen LogP contribution in [-0.4, -0.2) is 43.4 Å². The number of methoxy groups -OCH3 is 2. The first-order valence-corrected chi connectivity index (χ1v) is 9.37. The van der Waals surface area contributed by atoms with Gasteiger partial charge in [-0.3, -0.25) is 0 Å². The van der Waals surface area contributed by atoms with Crippen molar-refractivity contribution in [2.45, 2.75) is 18.9 Å². The molecule has 0 bridgehead atoms. The highest BCUT2D eigenvalue weighted by atomic mass is 16.5. The molecule has 28 heavy (non-hydrogen) atoms. The molecule has 2 N–H and O–H groups in total. The molecule has 1 unspecified atom stereocenters. The van der Waals surface area contributed by atoms with E-state index in [1.807, 2.05) is 42.5 Å². The van der Waals surface area contributed by atoms with Crippen molar-refractivity contribution < 1.29 is 14.2 Å². The minimum absolute atomic E-state index is 0.229. The Hall–Kier alpha value is -3.06. The van der Waals surface area contributed by atoms with Crippen molar-refractivity contribution >= 4 is 28.4 Å². The van der Waals surface area contributed by atoms with Gasteiger partial charge in [0, 0.05) is 42.4 Å². The number of para-hydroxylation sites is 1. The average molecular weight is 380 g/mol. The van der Waals surface area contributed by atoms with Gasteiger partial charge in [-0.05, 0) is 25.0 Å². The third kappa shape index (κ3) is 4.09. The molecule has 4 rings (SSSR count). The maximum Gasteiger partial charge on any atom is 0.229 e. The normalized spacial score (nSPS) is 16.1. The molecule has 146 valence electrons. The fourth-order valence-corrected chi connectivity index (χ4v) is 3.29. The fraction of sp³-hybridized carbons (Fsp3) is 0.333. The molecular weight excluding hydrogens is 356 g/mol. The van der Waals surface area contributed by atoms with Crippen LogP contribution >= 0.6 is 0 Å². The van der Waals surface area contributed by atoms with Gasteiger partial charge in [-0.25, -0.2) is 4.98 Å². The van der Waals surface area contributed by atoms with E-state index in [9.17, 15) is 0 Å². The summed E-state index contributed by atoms with van der Waals surface area (Å²) in [6.07, 6.45) is 2.42. The monoisotopic (exact) mass is 380 g/mol. The zero-order chi connectivity index (χ0) is 19.3. The van der Waals surface area contributed by atoms with Crippen molar-refractivity contribution in [2.75, 3.05) is 38.0 Å². The first-order chi connectivity index (χ1) is 13.7. The first kappa shape index (κ1) is 18.3. The van der Waals surface area contributed by atoms with Crippen molar-refractivity contribution in [2.24, 2.45) is 0 Å². The van der Waals surface area contributed by atoms with Crippen LogP contribution in [0, 0.1) is 0 Å². The largest absolute Gasteiger partial charge is 0.497 e. The molecular formula is C21H24N4O3. The Morgan fingerprint density at radius 3 is 2.57 bits per heavy atom. The fourth-order valence-electron chi connectivity index (χ4n) is 3.29. The summed E-state index contributed by atoms with van der Waals surface area (Å²) in [6.45, 7) is 1.56. The van der Waals surface area contributed by atoms with Crippen molar-refractivity contribution in [1.82, 2.24) is 9.97 Å². The van der Waals surface area contributed by atoms with Gasteiger partial charge < -0.3 is 24.8 Å². The van der Waals surface area contributed by atoms with E-state index in [4.69, 9.17) is 19.2 Å². The van der Waals surface area contributed by atoms with E-state index in [1.54, 1.807) is 14.2 Å². The van der Waals surface area contributed by atoms with Crippen LogP contribution in [-0.2, 0) is 4.74 Å². The maximum absolute atomic E-state index is 5.71. The number of ether oxygens (including phenoxy) is 3. The second-order valence-corrected chi connectivity index (χ2v) is 6.66. The van der Waals surface area contributed by atoms with Crippen LogP contribution in [0.5, 0.6) is 11.5 Å². The van der Waals surface area contributed by atoms with Gasteiger partial charge in [0.2, 0.25) is 5.95 Å². The smallest absolute Gasteiger partial charge is 0.229 e. The van der Waals surface area contributed by atoms with Crippen LogP contribution in [0.25, 0.3) is 10.9 Å². The van der Waals surface area contributed by atoms with Gasteiger partial charge in [0.05, 0.1) is 25.8 Å². The molecule has 1 atom stereocenters. The van der Waals surface area contributed by atoms with E-state index in [0.717, 1.165) is 48.4 Å². The quantitative estimate of drug-likeness (QED) is 0.642. The minimum Gasteiger partial charge on any atom is -0.497 e. The van der Waals surface area contributed by atoms with Crippen LogP contribution in [0.4, 0.5) is 17.5 Å². The second kappa shape index (κ2) is 8.31. The van der Waals surface area contributed by atoms with Gasteiger partial charge in [-0.2, -0.15) is 4.98 Å². The average Bonchev–Trinajstić information content (AvgIpc) is 3.25. The lowest BCUT2D eigenvalue weighted by Gasteiger charge is -2.15. The Morgan fingerprint density at radius 2 is 1.86 bits per heavy atom. The Labute approximate surface area is 164 Å². The number of anilines is 3. The van der Waals surface area contributed by atoms with Gasteiger partial charge in [0.25, 0.3) is 0 Å². The molecule has 1 aliphatic rings. The predicted molar refractivity (Wildman–Crippen MR) is 110 cm³/mol. The number of aromatic nitrogens is 2. The molecule has 1 fully saturated rings. The zero-order valence-electron chi connectivity index (χ0n) is 16.1. The Bertz CT molecular complexity index is 935. The molecule has 7 heteroatoms. The van der Waals surface area contributed by atoms with Gasteiger partial charge >= 0.3 is 0 Å². The summed E-state index contributed by atoms with van der Waals surface area (Å²) in [7, 11) is 3.25. The number of fused-ring (bicyclic) bond motifs is 1. The summed E-state index contributed by atoms with van der Waals surface area (Å²) < 4.78 is 16.4. The maximum atomic E-state index is 5.71. The summed E-state index contributed by atoms with van der Waals surface area (Å²) in [4.78, 5) is 9.34. The second-order valence-electron chi connectivity index (χ2n) is 6.66. The predicted octanol–water partition coefficient (Wildman–Crippen LogP) is 3.98. The number of hydrogen-bond donors (Lipinski definition) is 2. The van der Waals surface area contributed by atoms with E-state index in [0.29, 0.717) is 17.4 Å². The summed E-state index contributed by atoms with van der Waals surface area (Å²) in [5.41, 5.74) is 1.65. The molecule has 7 nitrogen and oxygen atoms in total. The molecule has 0 aliphatic carbocycles. The van der Waals surface area contributed by atoms with E-state index in [1.165, 1.54) is 0 Å². The lowest BCUT2D eigenvalue weighted by atomic mass is 10.2. The summed E-state index contributed by atoms with van der Waals surface area (Å²) in [5.74, 6) is 2.68. The van der Waals surface area contributed by atoms with Crippen molar-refractivity contribution in [1.29, 1.82) is 0 Å². The molecule has 2 heterocycles. The zero-order valence-corrected chi connectivity index (χ0v) is 16.1. The van der Waals surface area contributed by atoms with Gasteiger partial charge in [0.15, 0.2) is 0 Å². The molecule has 1 aliphatic heterocycles. The van der Waals surface area contributed by atoms with E-state index >= 15 is 0 Å². The number of rotatable bonds is 7. The molecule has 0 saturated carbocycles. The Morgan fingerprint density at radius 1 is 1.07 bits per heavy atom. The minimum atomic E-state index is 0.229. The number of hydrogen-bond acceptors (Lipinski definition) is 7. The van der Waals surface area contributed by atoms with Gasteiger partial charge in [-0.15, -0.1) is 0 Å². The molecule has 1 aromatic heterocycles. The molecule has 1 saturated heterocycles. The molecule has 0 radical (unpaired) electrons. The molecule has 2 aromatic carbocycles. The van der Waals surface area contributed by atoms with E-state index in [-0.39, 0.29) is 6.10 Å². The third-order valence-electron chi connectivity index (χ3n) is 4.73. The van der Waals surface area contributed by atoms with Crippen molar-refractivity contribution in [3.05, 3.63) is 42.5 Å². The third-order valence-corrected chi connectivity index (χ3v) is 4.73. The lowest BCUT2D eigenvalue weighted by Crippen LogP contribution is -2.19. The lowest BCUT2D eigenvalue weighted by molar-refractivity contribution is 0.120. The number of nitrogens with one attached hydrogen (secondary N) is 2. The Kier molecular flexibility index (Phi) is 5.43. The van der Waals surface area contributed by atoms with Crippen molar-refractivity contribution in [3.63, 3.8) is 0 Å². The highest BCUT2D eigenvalue weighted by Gasteiger charge is 2.16.